The minimum atomic E-state index is -0.608. The molecule has 1 heterocycles. The van der Waals surface area contributed by atoms with Crippen LogP contribution in [0.3, 0.4) is 0 Å². The quantitative estimate of drug-likeness (QED) is 0.733. The van der Waals surface area contributed by atoms with Crippen LogP contribution in [0.25, 0.3) is 10.9 Å². The lowest BCUT2D eigenvalue weighted by molar-refractivity contribution is 0.117. The molecule has 23 heavy (non-hydrogen) atoms. The molecule has 3 rings (SSSR count). The predicted octanol–water partition coefficient (Wildman–Crippen LogP) is 3.40. The van der Waals surface area contributed by atoms with Crippen molar-refractivity contribution in [2.45, 2.75) is 13.0 Å². The van der Waals surface area contributed by atoms with E-state index >= 15 is 0 Å². The lowest BCUT2D eigenvalue weighted by atomic mass is 10.2. The first kappa shape index (κ1) is 15.3. The number of aliphatic hydroxyl groups excluding tert-OH is 1. The van der Waals surface area contributed by atoms with E-state index in [-0.39, 0.29) is 6.61 Å². The summed E-state index contributed by atoms with van der Waals surface area (Å²) in [7, 11) is 0. The van der Waals surface area contributed by atoms with E-state index in [9.17, 15) is 5.11 Å². The first-order valence-corrected chi connectivity index (χ1v) is 7.68. The fourth-order valence-corrected chi connectivity index (χ4v) is 2.34. The van der Waals surface area contributed by atoms with Gasteiger partial charge >= 0.3 is 0 Å². The normalized spacial score (nSPS) is 12.1. The summed E-state index contributed by atoms with van der Waals surface area (Å²) < 4.78 is 5.60. The number of aliphatic hydroxyl groups is 1. The maximum Gasteiger partial charge on any atom is 0.126 e. The number of anilines is 1. The number of nitrogens with zero attached hydrogens (tertiary/aromatic N) is 1. The first-order valence-electron chi connectivity index (χ1n) is 7.68. The van der Waals surface area contributed by atoms with Crippen LogP contribution in [0.1, 0.15) is 5.56 Å². The van der Waals surface area contributed by atoms with Gasteiger partial charge in [-0.05, 0) is 42.8 Å². The molecule has 0 spiro atoms. The molecule has 4 heteroatoms. The Kier molecular flexibility index (Phi) is 4.74. The van der Waals surface area contributed by atoms with Gasteiger partial charge in [0.25, 0.3) is 0 Å². The standard InChI is InChI=1S/C19H20N2O2/c1-14-5-4-7-17(11-14)23-13-16(22)12-20-19-10-9-15-6-2-3-8-18(15)21-19/h2-11,16,22H,12-13H2,1H3,(H,20,21). The van der Waals surface area contributed by atoms with Gasteiger partial charge in [0.05, 0.1) is 5.52 Å². The molecule has 2 N–H and O–H groups in total. The van der Waals surface area contributed by atoms with E-state index in [0.29, 0.717) is 6.54 Å². The van der Waals surface area contributed by atoms with Crippen LogP contribution in [0.2, 0.25) is 0 Å². The number of aromatic nitrogens is 1. The first-order chi connectivity index (χ1) is 11.2. The van der Waals surface area contributed by atoms with Gasteiger partial charge in [-0.15, -0.1) is 0 Å². The number of pyridine rings is 1. The van der Waals surface area contributed by atoms with Crippen molar-refractivity contribution >= 4 is 16.7 Å². The van der Waals surface area contributed by atoms with Gasteiger partial charge in [-0.1, -0.05) is 30.3 Å². The van der Waals surface area contributed by atoms with Gasteiger partial charge < -0.3 is 15.2 Å². The van der Waals surface area contributed by atoms with Crippen molar-refractivity contribution in [3.8, 4) is 5.75 Å². The number of para-hydroxylation sites is 1. The molecule has 0 saturated carbocycles. The Hall–Kier alpha value is -2.59. The highest BCUT2D eigenvalue weighted by Crippen LogP contribution is 2.15. The Morgan fingerprint density at radius 1 is 1.09 bits per heavy atom. The second-order valence-corrected chi connectivity index (χ2v) is 5.55. The van der Waals surface area contributed by atoms with Crippen LogP contribution in [-0.2, 0) is 0 Å². The summed E-state index contributed by atoms with van der Waals surface area (Å²) in [6, 6.07) is 19.7. The second-order valence-electron chi connectivity index (χ2n) is 5.55. The molecule has 2 aromatic carbocycles. The summed E-state index contributed by atoms with van der Waals surface area (Å²) in [5.41, 5.74) is 2.07. The lowest BCUT2D eigenvalue weighted by Gasteiger charge is -2.14. The molecule has 1 unspecified atom stereocenters. The lowest BCUT2D eigenvalue weighted by Crippen LogP contribution is -2.26. The molecule has 0 fully saturated rings. The van der Waals surface area contributed by atoms with Crippen molar-refractivity contribution in [3.05, 3.63) is 66.2 Å². The van der Waals surface area contributed by atoms with Crippen LogP contribution in [-0.4, -0.2) is 29.3 Å². The topological polar surface area (TPSA) is 54.4 Å². The molecular formula is C19H20N2O2. The number of fused-ring (bicyclic) bond motifs is 1. The van der Waals surface area contributed by atoms with E-state index in [1.165, 1.54) is 0 Å². The van der Waals surface area contributed by atoms with Crippen molar-refractivity contribution in [2.24, 2.45) is 0 Å². The monoisotopic (exact) mass is 308 g/mol. The van der Waals surface area contributed by atoms with Crippen molar-refractivity contribution in [3.63, 3.8) is 0 Å². The number of hydrogen-bond donors (Lipinski definition) is 2. The molecule has 118 valence electrons. The number of aryl methyl sites for hydroxylation is 1. The summed E-state index contributed by atoms with van der Waals surface area (Å²) >= 11 is 0. The van der Waals surface area contributed by atoms with Gasteiger partial charge in [0, 0.05) is 11.9 Å². The molecular weight excluding hydrogens is 288 g/mol. The summed E-state index contributed by atoms with van der Waals surface area (Å²) in [4.78, 5) is 4.51. The zero-order valence-electron chi connectivity index (χ0n) is 13.1. The number of benzene rings is 2. The third-order valence-corrected chi connectivity index (χ3v) is 3.55. The van der Waals surface area contributed by atoms with Gasteiger partial charge in [0.15, 0.2) is 0 Å². The average Bonchev–Trinajstić information content (AvgIpc) is 2.58. The van der Waals surface area contributed by atoms with Gasteiger partial charge in [0.1, 0.15) is 24.3 Å². The van der Waals surface area contributed by atoms with E-state index in [1.807, 2.05) is 67.6 Å². The van der Waals surface area contributed by atoms with Crippen molar-refractivity contribution in [1.82, 2.24) is 4.98 Å². The highest BCUT2D eigenvalue weighted by Gasteiger charge is 2.06. The van der Waals surface area contributed by atoms with E-state index in [2.05, 4.69) is 10.3 Å². The van der Waals surface area contributed by atoms with Gasteiger partial charge in [-0.2, -0.15) is 0 Å². The highest BCUT2D eigenvalue weighted by molar-refractivity contribution is 5.80. The third-order valence-electron chi connectivity index (χ3n) is 3.55. The molecule has 0 bridgehead atoms. The minimum absolute atomic E-state index is 0.240. The minimum Gasteiger partial charge on any atom is -0.491 e. The third kappa shape index (κ3) is 4.20. The molecule has 1 aromatic heterocycles. The molecule has 0 aliphatic carbocycles. The number of nitrogens with one attached hydrogen (secondary N) is 1. The zero-order valence-corrected chi connectivity index (χ0v) is 13.1. The van der Waals surface area contributed by atoms with E-state index < -0.39 is 6.10 Å². The second kappa shape index (κ2) is 7.11. The largest absolute Gasteiger partial charge is 0.491 e. The fraction of sp³-hybridized carbons (Fsp3) is 0.211. The van der Waals surface area contributed by atoms with Crippen LogP contribution in [0.4, 0.5) is 5.82 Å². The summed E-state index contributed by atoms with van der Waals surface area (Å²) in [6.07, 6.45) is -0.608. The SMILES string of the molecule is Cc1cccc(OCC(O)CNc2ccc3ccccc3n2)c1. The van der Waals surface area contributed by atoms with Crippen molar-refractivity contribution < 1.29 is 9.84 Å². The van der Waals surface area contributed by atoms with Gasteiger partial charge in [0.2, 0.25) is 0 Å². The van der Waals surface area contributed by atoms with E-state index in [1.54, 1.807) is 0 Å². The average molecular weight is 308 g/mol. The molecule has 0 radical (unpaired) electrons. The number of ether oxygens (including phenoxy) is 1. The van der Waals surface area contributed by atoms with Crippen LogP contribution in [0.5, 0.6) is 5.75 Å². The Morgan fingerprint density at radius 2 is 1.96 bits per heavy atom. The molecule has 3 aromatic rings. The van der Waals surface area contributed by atoms with Crippen LogP contribution >= 0.6 is 0 Å². The Bertz CT molecular complexity index is 789. The Balaban J connectivity index is 1.52. The van der Waals surface area contributed by atoms with E-state index in [4.69, 9.17) is 4.74 Å². The number of hydrogen-bond acceptors (Lipinski definition) is 4. The molecule has 4 nitrogen and oxygen atoms in total. The predicted molar refractivity (Wildman–Crippen MR) is 92.9 cm³/mol. The van der Waals surface area contributed by atoms with Crippen LogP contribution in [0, 0.1) is 6.92 Å². The van der Waals surface area contributed by atoms with Crippen LogP contribution < -0.4 is 10.1 Å². The highest BCUT2D eigenvalue weighted by atomic mass is 16.5. The maximum atomic E-state index is 10.0. The van der Waals surface area contributed by atoms with Gasteiger partial charge in [-0.25, -0.2) is 4.98 Å². The Labute approximate surface area is 135 Å². The molecule has 1 atom stereocenters. The summed E-state index contributed by atoms with van der Waals surface area (Å²) in [6.45, 7) is 2.64. The molecule has 0 aliphatic rings. The smallest absolute Gasteiger partial charge is 0.126 e. The van der Waals surface area contributed by atoms with Crippen molar-refractivity contribution in [1.29, 1.82) is 0 Å². The summed E-state index contributed by atoms with van der Waals surface area (Å²) in [5.74, 6) is 1.52. The van der Waals surface area contributed by atoms with Crippen LogP contribution in [0.15, 0.2) is 60.7 Å². The van der Waals surface area contributed by atoms with E-state index in [0.717, 1.165) is 28.0 Å². The fourth-order valence-electron chi connectivity index (χ4n) is 2.34. The zero-order chi connectivity index (χ0) is 16.1. The molecule has 0 saturated heterocycles. The number of rotatable bonds is 6. The van der Waals surface area contributed by atoms with Crippen molar-refractivity contribution in [2.75, 3.05) is 18.5 Å². The summed E-state index contributed by atoms with van der Waals surface area (Å²) in [5, 5.41) is 14.3. The molecule has 0 aliphatic heterocycles. The Morgan fingerprint density at radius 3 is 2.83 bits per heavy atom. The maximum absolute atomic E-state index is 10.0. The van der Waals surface area contributed by atoms with Gasteiger partial charge in [-0.3, -0.25) is 0 Å². The molecule has 0 amide bonds.